The van der Waals surface area contributed by atoms with Gasteiger partial charge >= 0.3 is 0 Å². The van der Waals surface area contributed by atoms with Crippen LogP contribution in [0.15, 0.2) is 23.8 Å². The molecule has 25 heavy (non-hydrogen) atoms. The maximum absolute atomic E-state index is 13.8. The number of hydrogen-bond acceptors (Lipinski definition) is 3. The van der Waals surface area contributed by atoms with Gasteiger partial charge in [0.25, 0.3) is 0 Å². The summed E-state index contributed by atoms with van der Waals surface area (Å²) < 4.78 is 41.1. The van der Waals surface area contributed by atoms with Crippen molar-refractivity contribution in [3.63, 3.8) is 0 Å². The van der Waals surface area contributed by atoms with E-state index in [1.165, 1.54) is 12.1 Å². The van der Waals surface area contributed by atoms with Gasteiger partial charge < -0.3 is 5.01 Å². The van der Waals surface area contributed by atoms with E-state index in [1.807, 2.05) is 14.0 Å². The van der Waals surface area contributed by atoms with Crippen LogP contribution in [-0.4, -0.2) is 41.5 Å². The van der Waals surface area contributed by atoms with E-state index in [4.69, 9.17) is 0 Å². The first-order chi connectivity index (χ1) is 11.9. The minimum Gasteiger partial charge on any atom is -0.301 e. The fraction of sp³-hybridized carbons (Fsp3) is 0.579. The minimum absolute atomic E-state index is 0.0720. The molecule has 2 fully saturated rings. The van der Waals surface area contributed by atoms with Crippen LogP contribution >= 0.6 is 0 Å². The van der Waals surface area contributed by atoms with Gasteiger partial charge in [0.2, 0.25) is 0 Å². The van der Waals surface area contributed by atoms with Crippen molar-refractivity contribution in [2.45, 2.75) is 63.4 Å². The molecule has 1 unspecified atom stereocenters. The average molecular weight is 351 g/mol. The molecule has 0 spiro atoms. The Bertz CT molecular complexity index is 681. The van der Waals surface area contributed by atoms with Crippen LogP contribution in [0.5, 0.6) is 0 Å². The van der Waals surface area contributed by atoms with Crippen LogP contribution in [0.25, 0.3) is 5.70 Å². The Labute approximate surface area is 146 Å². The predicted molar refractivity (Wildman–Crippen MR) is 91.0 cm³/mol. The zero-order valence-electron chi connectivity index (χ0n) is 14.6. The topological polar surface area (TPSA) is 18.5 Å². The molecule has 0 amide bonds. The molecule has 3 atom stereocenters. The van der Waals surface area contributed by atoms with Gasteiger partial charge in [-0.1, -0.05) is 0 Å². The van der Waals surface area contributed by atoms with Gasteiger partial charge in [-0.05, 0) is 56.7 Å². The van der Waals surface area contributed by atoms with E-state index in [9.17, 15) is 13.2 Å². The molecule has 3 nitrogen and oxygen atoms in total. The van der Waals surface area contributed by atoms with Crippen LogP contribution < -0.4 is 5.32 Å². The quantitative estimate of drug-likeness (QED) is 0.890. The number of hydrogen-bond donors (Lipinski definition) is 1. The normalized spacial score (nSPS) is 30.6. The molecular weight excluding hydrogens is 327 g/mol. The summed E-state index contributed by atoms with van der Waals surface area (Å²) in [6.07, 6.45) is 3.30. The first-order valence-electron chi connectivity index (χ1n) is 9.03. The molecule has 1 N–H and O–H groups in total. The second-order valence-corrected chi connectivity index (χ2v) is 7.52. The highest BCUT2D eigenvalue weighted by Gasteiger charge is 2.43. The van der Waals surface area contributed by atoms with Gasteiger partial charge in [-0.25, -0.2) is 18.2 Å². The number of hydrazine groups is 1. The smallest absolute Gasteiger partial charge is 0.126 e. The van der Waals surface area contributed by atoms with Gasteiger partial charge in [0.15, 0.2) is 0 Å². The van der Waals surface area contributed by atoms with Gasteiger partial charge in [0.1, 0.15) is 24.0 Å². The van der Waals surface area contributed by atoms with Gasteiger partial charge in [0.05, 0.1) is 5.70 Å². The van der Waals surface area contributed by atoms with Crippen LogP contribution in [0.4, 0.5) is 13.2 Å². The maximum Gasteiger partial charge on any atom is 0.126 e. The molecule has 3 aliphatic rings. The largest absolute Gasteiger partial charge is 0.301 e. The van der Waals surface area contributed by atoms with E-state index < -0.39 is 17.8 Å². The molecule has 0 bridgehead atoms. The lowest BCUT2D eigenvalue weighted by Crippen LogP contribution is -2.50. The van der Waals surface area contributed by atoms with Crippen molar-refractivity contribution in [3.05, 3.63) is 41.0 Å². The fourth-order valence-electron chi connectivity index (χ4n) is 4.22. The van der Waals surface area contributed by atoms with E-state index in [2.05, 4.69) is 15.3 Å². The molecule has 4 rings (SSSR count). The highest BCUT2D eigenvalue weighted by Crippen LogP contribution is 2.42. The van der Waals surface area contributed by atoms with Crippen molar-refractivity contribution in [1.29, 1.82) is 0 Å². The monoisotopic (exact) mass is 351 g/mol. The standard InChI is InChI=1S/C19H24F3N3/c1-11-18(12-7-14(21)9-15(22)8-12)25(17-5-6-17)24(2)19(11)23-16-4-3-13(20)10-16/h7-9,13,16-17,19,23H,3-6,10H2,1-2H3/t13-,16+,19?/m1/s1. The number of alkyl halides is 1. The molecule has 0 aromatic heterocycles. The molecule has 1 aliphatic heterocycles. The molecular formula is C19H24F3N3. The van der Waals surface area contributed by atoms with Gasteiger partial charge in [-0.15, -0.1) is 0 Å². The van der Waals surface area contributed by atoms with Crippen molar-refractivity contribution >= 4 is 5.70 Å². The maximum atomic E-state index is 13.8. The van der Waals surface area contributed by atoms with Crippen molar-refractivity contribution < 1.29 is 13.2 Å². The second-order valence-electron chi connectivity index (χ2n) is 7.52. The second kappa shape index (κ2) is 6.32. The van der Waals surface area contributed by atoms with Crippen molar-refractivity contribution in [3.8, 4) is 0 Å². The van der Waals surface area contributed by atoms with Gasteiger partial charge in [-0.2, -0.15) is 0 Å². The third-order valence-electron chi connectivity index (χ3n) is 5.52. The Kier molecular flexibility index (Phi) is 4.28. The number of likely N-dealkylation sites (N-methyl/N-ethyl adjacent to an activating group) is 1. The summed E-state index contributed by atoms with van der Waals surface area (Å²) in [5.74, 6) is -1.14. The van der Waals surface area contributed by atoms with Crippen LogP contribution in [0.1, 0.15) is 44.6 Å². The highest BCUT2D eigenvalue weighted by molar-refractivity contribution is 5.70. The third-order valence-corrected chi connectivity index (χ3v) is 5.52. The number of rotatable bonds is 4. The molecule has 1 aromatic rings. The Morgan fingerprint density at radius 2 is 1.72 bits per heavy atom. The summed E-state index contributed by atoms with van der Waals surface area (Å²) in [7, 11) is 1.99. The average Bonchev–Trinajstić information content (AvgIpc) is 3.24. The van der Waals surface area contributed by atoms with E-state index >= 15 is 0 Å². The first-order valence-corrected chi connectivity index (χ1v) is 9.03. The van der Waals surface area contributed by atoms with Crippen molar-refractivity contribution in [2.24, 2.45) is 0 Å². The van der Waals surface area contributed by atoms with Crippen LogP contribution in [-0.2, 0) is 0 Å². The van der Waals surface area contributed by atoms with E-state index in [0.717, 1.165) is 36.6 Å². The van der Waals surface area contributed by atoms with E-state index in [0.29, 0.717) is 24.4 Å². The lowest BCUT2D eigenvalue weighted by Gasteiger charge is -2.34. The van der Waals surface area contributed by atoms with Crippen molar-refractivity contribution in [2.75, 3.05) is 7.05 Å². The molecule has 6 heteroatoms. The van der Waals surface area contributed by atoms with Crippen molar-refractivity contribution in [1.82, 2.24) is 15.3 Å². The molecule has 0 radical (unpaired) electrons. The molecule has 0 saturated heterocycles. The summed E-state index contributed by atoms with van der Waals surface area (Å²) in [5, 5.41) is 7.81. The first kappa shape index (κ1) is 16.9. The Morgan fingerprint density at radius 1 is 1.04 bits per heavy atom. The number of nitrogens with zero attached hydrogens (tertiary/aromatic N) is 2. The SMILES string of the molecule is CC1=C(c2cc(F)cc(F)c2)N(C2CC2)N(C)C1N[C@H]1CC[C@@H](F)C1. The van der Waals surface area contributed by atoms with Gasteiger partial charge in [0, 0.05) is 30.8 Å². The summed E-state index contributed by atoms with van der Waals surface area (Å²) in [5.41, 5.74) is 2.46. The number of nitrogens with one attached hydrogen (secondary N) is 1. The zero-order valence-corrected chi connectivity index (χ0v) is 14.6. The molecule has 2 saturated carbocycles. The number of halogens is 3. The lowest BCUT2D eigenvalue weighted by molar-refractivity contribution is 0.0291. The van der Waals surface area contributed by atoms with Crippen LogP contribution in [0.3, 0.4) is 0 Å². The highest BCUT2D eigenvalue weighted by atomic mass is 19.1. The molecule has 136 valence electrons. The summed E-state index contributed by atoms with van der Waals surface area (Å²) in [6.45, 7) is 2.00. The minimum atomic E-state index is -0.732. The van der Waals surface area contributed by atoms with E-state index in [-0.39, 0.29) is 12.2 Å². The van der Waals surface area contributed by atoms with Crippen LogP contribution in [0, 0.1) is 11.6 Å². The summed E-state index contributed by atoms with van der Waals surface area (Å²) in [4.78, 5) is 0. The zero-order chi connectivity index (χ0) is 17.7. The van der Waals surface area contributed by atoms with Gasteiger partial charge in [-0.3, -0.25) is 5.32 Å². The fourth-order valence-corrected chi connectivity index (χ4v) is 4.22. The summed E-state index contributed by atoms with van der Waals surface area (Å²) in [6, 6.07) is 4.18. The number of benzene rings is 1. The molecule has 1 aromatic carbocycles. The predicted octanol–water partition coefficient (Wildman–Crippen LogP) is 3.83. The van der Waals surface area contributed by atoms with E-state index in [1.54, 1.807) is 0 Å². The Hall–Kier alpha value is -1.53. The molecule has 2 aliphatic carbocycles. The Morgan fingerprint density at radius 3 is 2.28 bits per heavy atom. The lowest BCUT2D eigenvalue weighted by atomic mass is 10.1. The molecule has 1 heterocycles. The Balaban J connectivity index is 1.67. The van der Waals surface area contributed by atoms with Crippen LogP contribution in [0.2, 0.25) is 0 Å². The summed E-state index contributed by atoms with van der Waals surface area (Å²) >= 11 is 0. The third kappa shape index (κ3) is 3.17.